The Hall–Kier alpha value is -0.120. The van der Waals surface area contributed by atoms with Gasteiger partial charge in [0.15, 0.2) is 0 Å². The third-order valence-corrected chi connectivity index (χ3v) is 2.96. The molecule has 1 saturated heterocycles. The minimum absolute atomic E-state index is 0.748. The Morgan fingerprint density at radius 3 is 2.64 bits per heavy atom. The lowest BCUT2D eigenvalue weighted by Crippen LogP contribution is -2.41. The summed E-state index contributed by atoms with van der Waals surface area (Å²) in [6.07, 6.45) is 3.77. The van der Waals surface area contributed by atoms with Gasteiger partial charge >= 0.3 is 0 Å². The highest BCUT2D eigenvalue weighted by molar-refractivity contribution is 4.75. The van der Waals surface area contributed by atoms with Crippen molar-refractivity contribution < 1.29 is 4.74 Å². The number of hydrogen-bond donors (Lipinski definition) is 1. The van der Waals surface area contributed by atoms with Gasteiger partial charge in [0.05, 0.1) is 0 Å². The van der Waals surface area contributed by atoms with Crippen molar-refractivity contribution in [3.05, 3.63) is 0 Å². The second-order valence-corrected chi connectivity index (χ2v) is 3.96. The molecule has 0 bridgehead atoms. The topological polar surface area (TPSA) is 24.5 Å². The van der Waals surface area contributed by atoms with Crippen LogP contribution in [0, 0.1) is 0 Å². The Morgan fingerprint density at radius 1 is 1.36 bits per heavy atom. The third-order valence-electron chi connectivity index (χ3n) is 2.96. The van der Waals surface area contributed by atoms with Crippen molar-refractivity contribution in [2.24, 2.45) is 0 Å². The van der Waals surface area contributed by atoms with Gasteiger partial charge in [0.2, 0.25) is 0 Å². The zero-order valence-corrected chi connectivity index (χ0v) is 9.59. The van der Waals surface area contributed by atoms with Crippen LogP contribution in [-0.4, -0.2) is 50.8 Å². The van der Waals surface area contributed by atoms with E-state index < -0.39 is 0 Å². The number of rotatable bonds is 6. The fourth-order valence-corrected chi connectivity index (χ4v) is 1.98. The second-order valence-electron chi connectivity index (χ2n) is 3.96. The largest absolute Gasteiger partial charge is 0.382 e. The number of likely N-dealkylation sites (tertiary alicyclic amines) is 1. The van der Waals surface area contributed by atoms with Crippen LogP contribution >= 0.6 is 0 Å². The number of nitrogens with zero attached hydrogens (tertiary/aromatic N) is 1. The number of nitrogens with one attached hydrogen (secondary N) is 1. The second kappa shape index (κ2) is 7.21. The van der Waals surface area contributed by atoms with Gasteiger partial charge in [-0.05, 0) is 46.3 Å². The molecule has 84 valence electrons. The minimum atomic E-state index is 0.748. The van der Waals surface area contributed by atoms with Gasteiger partial charge in [0, 0.05) is 25.8 Å². The lowest BCUT2D eigenvalue weighted by Gasteiger charge is -2.31. The Bertz CT molecular complexity index is 133. The molecule has 0 radical (unpaired) electrons. The predicted molar refractivity (Wildman–Crippen MR) is 59.6 cm³/mol. The molecule has 3 nitrogen and oxygen atoms in total. The summed E-state index contributed by atoms with van der Waals surface area (Å²) < 4.78 is 5.33. The van der Waals surface area contributed by atoms with Gasteiger partial charge < -0.3 is 15.0 Å². The molecule has 0 aromatic carbocycles. The summed E-state index contributed by atoms with van der Waals surface area (Å²) in [6, 6.07) is 0.748. The molecule has 1 aliphatic rings. The van der Waals surface area contributed by atoms with Crippen LogP contribution in [0.4, 0.5) is 0 Å². The van der Waals surface area contributed by atoms with Crippen LogP contribution in [0.25, 0.3) is 0 Å². The molecule has 1 rings (SSSR count). The molecule has 0 aromatic heterocycles. The summed E-state index contributed by atoms with van der Waals surface area (Å²) in [7, 11) is 2.06. The van der Waals surface area contributed by atoms with Crippen LogP contribution in [0.3, 0.4) is 0 Å². The van der Waals surface area contributed by atoms with Crippen molar-refractivity contribution in [2.45, 2.75) is 32.2 Å². The van der Waals surface area contributed by atoms with E-state index in [-0.39, 0.29) is 0 Å². The molecule has 1 heterocycles. The maximum atomic E-state index is 5.33. The van der Waals surface area contributed by atoms with E-state index in [0.717, 1.165) is 19.3 Å². The van der Waals surface area contributed by atoms with Crippen molar-refractivity contribution in [3.8, 4) is 0 Å². The summed E-state index contributed by atoms with van der Waals surface area (Å²) in [6.45, 7) is 7.52. The highest BCUT2D eigenvalue weighted by Gasteiger charge is 2.16. The molecule has 0 amide bonds. The van der Waals surface area contributed by atoms with E-state index >= 15 is 0 Å². The summed E-state index contributed by atoms with van der Waals surface area (Å²) in [5.74, 6) is 0. The van der Waals surface area contributed by atoms with E-state index in [1.54, 1.807) is 0 Å². The number of ether oxygens (including phenoxy) is 1. The number of hydrogen-bond acceptors (Lipinski definition) is 3. The SMILES string of the molecule is CCOCCCN1CCC(NC)CC1. The summed E-state index contributed by atoms with van der Waals surface area (Å²) in [4.78, 5) is 2.55. The van der Waals surface area contributed by atoms with Gasteiger partial charge in [-0.2, -0.15) is 0 Å². The van der Waals surface area contributed by atoms with Crippen LogP contribution in [0.5, 0.6) is 0 Å². The van der Waals surface area contributed by atoms with Crippen molar-refractivity contribution in [1.29, 1.82) is 0 Å². The average molecular weight is 200 g/mol. The first-order valence-corrected chi connectivity index (χ1v) is 5.84. The van der Waals surface area contributed by atoms with Gasteiger partial charge in [-0.1, -0.05) is 0 Å². The molecule has 0 spiro atoms. The van der Waals surface area contributed by atoms with E-state index in [2.05, 4.69) is 24.2 Å². The zero-order valence-electron chi connectivity index (χ0n) is 9.59. The molecule has 0 unspecified atom stereocenters. The Kier molecular flexibility index (Phi) is 6.15. The lowest BCUT2D eigenvalue weighted by atomic mass is 10.1. The standard InChI is InChI=1S/C11H24N2O/c1-3-14-10-4-7-13-8-5-11(12-2)6-9-13/h11-12H,3-10H2,1-2H3. The zero-order chi connectivity index (χ0) is 10.2. The average Bonchev–Trinajstić information content (AvgIpc) is 2.25. The molecule has 1 fully saturated rings. The first-order chi connectivity index (χ1) is 6.86. The van der Waals surface area contributed by atoms with Crippen LogP contribution < -0.4 is 5.32 Å². The van der Waals surface area contributed by atoms with Crippen molar-refractivity contribution in [2.75, 3.05) is 39.9 Å². The van der Waals surface area contributed by atoms with E-state index in [9.17, 15) is 0 Å². The van der Waals surface area contributed by atoms with Crippen molar-refractivity contribution in [3.63, 3.8) is 0 Å². The Balaban J connectivity index is 1.98. The molecular formula is C11H24N2O. The van der Waals surface area contributed by atoms with Gasteiger partial charge in [-0.3, -0.25) is 0 Å². The summed E-state index contributed by atoms with van der Waals surface area (Å²) >= 11 is 0. The van der Waals surface area contributed by atoms with Crippen molar-refractivity contribution in [1.82, 2.24) is 10.2 Å². The van der Waals surface area contributed by atoms with Gasteiger partial charge in [0.25, 0.3) is 0 Å². The molecule has 1 aliphatic heterocycles. The molecule has 3 heteroatoms. The molecule has 0 atom stereocenters. The number of piperidine rings is 1. The maximum absolute atomic E-state index is 5.33. The first-order valence-electron chi connectivity index (χ1n) is 5.84. The third kappa shape index (κ3) is 4.40. The Labute approximate surface area is 87.8 Å². The molecule has 0 saturated carbocycles. The van der Waals surface area contributed by atoms with E-state index in [1.165, 1.54) is 38.9 Å². The molecule has 0 aromatic rings. The quantitative estimate of drug-likeness (QED) is 0.650. The Morgan fingerprint density at radius 2 is 2.07 bits per heavy atom. The van der Waals surface area contributed by atoms with Crippen molar-refractivity contribution >= 4 is 0 Å². The fraction of sp³-hybridized carbons (Fsp3) is 1.00. The van der Waals surface area contributed by atoms with Crippen LogP contribution in [0.1, 0.15) is 26.2 Å². The first kappa shape index (κ1) is 12.0. The monoisotopic (exact) mass is 200 g/mol. The molecule has 1 N–H and O–H groups in total. The van der Waals surface area contributed by atoms with Gasteiger partial charge in [0.1, 0.15) is 0 Å². The predicted octanol–water partition coefficient (Wildman–Crippen LogP) is 1.10. The fourth-order valence-electron chi connectivity index (χ4n) is 1.98. The van der Waals surface area contributed by atoms with E-state index in [4.69, 9.17) is 4.74 Å². The lowest BCUT2D eigenvalue weighted by molar-refractivity contribution is 0.124. The van der Waals surface area contributed by atoms with E-state index in [0.29, 0.717) is 0 Å². The molecule has 0 aliphatic carbocycles. The summed E-state index contributed by atoms with van der Waals surface area (Å²) in [5, 5.41) is 3.35. The smallest absolute Gasteiger partial charge is 0.0478 e. The van der Waals surface area contributed by atoms with Gasteiger partial charge in [-0.15, -0.1) is 0 Å². The molecule has 14 heavy (non-hydrogen) atoms. The normalized spacial score (nSPS) is 20.1. The van der Waals surface area contributed by atoms with E-state index in [1.807, 2.05) is 0 Å². The highest BCUT2D eigenvalue weighted by atomic mass is 16.5. The summed E-state index contributed by atoms with van der Waals surface area (Å²) in [5.41, 5.74) is 0. The molecular weight excluding hydrogens is 176 g/mol. The van der Waals surface area contributed by atoms with Crippen LogP contribution in [-0.2, 0) is 4.74 Å². The highest BCUT2D eigenvalue weighted by Crippen LogP contribution is 2.09. The maximum Gasteiger partial charge on any atom is 0.0478 e. The minimum Gasteiger partial charge on any atom is -0.382 e. The van der Waals surface area contributed by atoms with Crippen LogP contribution in [0.15, 0.2) is 0 Å². The van der Waals surface area contributed by atoms with Gasteiger partial charge in [-0.25, -0.2) is 0 Å². The van der Waals surface area contributed by atoms with Crippen LogP contribution in [0.2, 0.25) is 0 Å².